The van der Waals surface area contributed by atoms with Crippen molar-refractivity contribution >= 4 is 11.3 Å². The summed E-state index contributed by atoms with van der Waals surface area (Å²) in [5.74, 6) is -1.44. The first kappa shape index (κ1) is 11.6. The Hall–Kier alpha value is -1.91. The Labute approximate surface area is 96.1 Å². The summed E-state index contributed by atoms with van der Waals surface area (Å²) in [5.41, 5.74) is 8.65. The maximum atomic E-state index is 13.7. The Morgan fingerprint density at radius 1 is 1.29 bits per heavy atom. The zero-order chi connectivity index (χ0) is 12.3. The van der Waals surface area contributed by atoms with E-state index in [1.807, 2.05) is 0 Å². The average Bonchev–Trinajstić information content (AvgIpc) is 2.30. The molecule has 17 heavy (non-hydrogen) atoms. The van der Waals surface area contributed by atoms with Crippen LogP contribution < -0.4 is 0 Å². The van der Waals surface area contributed by atoms with Gasteiger partial charge in [0.05, 0.1) is 13.2 Å². The van der Waals surface area contributed by atoms with Gasteiger partial charge in [-0.3, -0.25) is 0 Å². The van der Waals surface area contributed by atoms with Gasteiger partial charge in [0, 0.05) is 16.2 Å². The maximum Gasteiger partial charge on any atom is 0.134 e. The number of azide groups is 1. The Kier molecular flexibility index (Phi) is 3.37. The summed E-state index contributed by atoms with van der Waals surface area (Å²) in [5, 5.41) is 3.17. The molecule has 88 valence electrons. The van der Waals surface area contributed by atoms with Gasteiger partial charge in [-0.05, 0) is 29.7 Å². The standard InChI is InChI=1S/C11H9F2N3O/c12-9-5-8(15-16-14)6-10(13)11(9)7-1-3-17-4-2-7/h1,5-6H,2-4H2. The molecule has 1 aliphatic rings. The van der Waals surface area contributed by atoms with Crippen molar-refractivity contribution in [1.29, 1.82) is 0 Å². The van der Waals surface area contributed by atoms with Crippen molar-refractivity contribution in [2.45, 2.75) is 6.42 Å². The van der Waals surface area contributed by atoms with E-state index in [2.05, 4.69) is 10.0 Å². The molecular weight excluding hydrogens is 228 g/mol. The third kappa shape index (κ3) is 2.43. The normalized spacial score (nSPS) is 15.1. The van der Waals surface area contributed by atoms with Crippen LogP contribution in [0.1, 0.15) is 12.0 Å². The van der Waals surface area contributed by atoms with Gasteiger partial charge in [0.1, 0.15) is 11.6 Å². The fourth-order valence-electron chi connectivity index (χ4n) is 1.73. The van der Waals surface area contributed by atoms with E-state index in [1.165, 1.54) is 0 Å². The minimum atomic E-state index is -0.722. The molecule has 0 spiro atoms. The van der Waals surface area contributed by atoms with Crippen molar-refractivity contribution in [3.63, 3.8) is 0 Å². The first-order chi connectivity index (χ1) is 8.22. The van der Waals surface area contributed by atoms with Crippen molar-refractivity contribution in [2.24, 2.45) is 5.11 Å². The molecule has 0 amide bonds. The van der Waals surface area contributed by atoms with E-state index in [0.717, 1.165) is 12.1 Å². The smallest absolute Gasteiger partial charge is 0.134 e. The summed E-state index contributed by atoms with van der Waals surface area (Å²) < 4.78 is 32.5. The van der Waals surface area contributed by atoms with Crippen LogP contribution in [-0.2, 0) is 4.74 Å². The molecule has 0 fully saturated rings. The molecule has 0 unspecified atom stereocenters. The van der Waals surface area contributed by atoms with Crippen LogP contribution in [0.3, 0.4) is 0 Å². The molecule has 0 bridgehead atoms. The molecule has 0 aliphatic carbocycles. The van der Waals surface area contributed by atoms with Gasteiger partial charge >= 0.3 is 0 Å². The predicted octanol–water partition coefficient (Wildman–Crippen LogP) is 3.71. The van der Waals surface area contributed by atoms with Crippen LogP contribution >= 0.6 is 0 Å². The summed E-state index contributed by atoms with van der Waals surface area (Å²) in [7, 11) is 0. The molecule has 1 aromatic rings. The van der Waals surface area contributed by atoms with Crippen LogP contribution in [0.2, 0.25) is 0 Å². The van der Waals surface area contributed by atoms with E-state index in [0.29, 0.717) is 25.2 Å². The molecule has 2 rings (SSSR count). The summed E-state index contributed by atoms with van der Waals surface area (Å²) in [6, 6.07) is 2.04. The largest absolute Gasteiger partial charge is 0.377 e. The van der Waals surface area contributed by atoms with E-state index >= 15 is 0 Å². The van der Waals surface area contributed by atoms with Crippen molar-refractivity contribution in [3.8, 4) is 0 Å². The molecule has 1 aliphatic heterocycles. The Balaban J connectivity index is 2.47. The van der Waals surface area contributed by atoms with Crippen LogP contribution in [0, 0.1) is 11.6 Å². The van der Waals surface area contributed by atoms with E-state index in [4.69, 9.17) is 10.3 Å². The molecule has 0 saturated heterocycles. The number of halogens is 2. The number of hydrogen-bond donors (Lipinski definition) is 0. The average molecular weight is 237 g/mol. The van der Waals surface area contributed by atoms with Crippen molar-refractivity contribution in [2.75, 3.05) is 13.2 Å². The Bertz CT molecular complexity index is 498. The van der Waals surface area contributed by atoms with Crippen LogP contribution in [0.25, 0.3) is 16.0 Å². The number of rotatable bonds is 2. The van der Waals surface area contributed by atoms with Crippen LogP contribution in [0.5, 0.6) is 0 Å². The third-order valence-electron chi connectivity index (χ3n) is 2.47. The number of hydrogen-bond acceptors (Lipinski definition) is 2. The van der Waals surface area contributed by atoms with Crippen molar-refractivity contribution in [3.05, 3.63) is 45.8 Å². The van der Waals surface area contributed by atoms with E-state index in [-0.39, 0.29) is 11.3 Å². The molecule has 1 heterocycles. The number of nitrogens with zero attached hydrogens (tertiary/aromatic N) is 3. The molecule has 0 N–H and O–H groups in total. The minimum Gasteiger partial charge on any atom is -0.377 e. The van der Waals surface area contributed by atoms with Gasteiger partial charge in [-0.2, -0.15) is 0 Å². The lowest BCUT2D eigenvalue weighted by Crippen LogP contribution is -2.06. The fourth-order valence-corrected chi connectivity index (χ4v) is 1.73. The first-order valence-corrected chi connectivity index (χ1v) is 5.03. The quantitative estimate of drug-likeness (QED) is 0.439. The highest BCUT2D eigenvalue weighted by atomic mass is 19.1. The lowest BCUT2D eigenvalue weighted by molar-refractivity contribution is 0.161. The highest BCUT2D eigenvalue weighted by molar-refractivity contribution is 5.68. The number of ether oxygens (including phenoxy) is 1. The summed E-state index contributed by atoms with van der Waals surface area (Å²) >= 11 is 0. The van der Waals surface area contributed by atoms with E-state index in [9.17, 15) is 8.78 Å². The lowest BCUT2D eigenvalue weighted by Gasteiger charge is -2.15. The van der Waals surface area contributed by atoms with Crippen molar-refractivity contribution in [1.82, 2.24) is 0 Å². The predicted molar refractivity (Wildman–Crippen MR) is 58.6 cm³/mol. The van der Waals surface area contributed by atoms with Crippen molar-refractivity contribution < 1.29 is 13.5 Å². The maximum absolute atomic E-state index is 13.7. The second kappa shape index (κ2) is 4.95. The minimum absolute atomic E-state index is 0.0646. The highest BCUT2D eigenvalue weighted by Gasteiger charge is 2.16. The Morgan fingerprint density at radius 3 is 2.53 bits per heavy atom. The molecule has 0 radical (unpaired) electrons. The molecule has 4 nitrogen and oxygen atoms in total. The van der Waals surface area contributed by atoms with E-state index in [1.54, 1.807) is 6.08 Å². The molecule has 0 aromatic heterocycles. The zero-order valence-corrected chi connectivity index (χ0v) is 8.86. The first-order valence-electron chi connectivity index (χ1n) is 5.03. The zero-order valence-electron chi connectivity index (χ0n) is 8.86. The topological polar surface area (TPSA) is 58.0 Å². The van der Waals surface area contributed by atoms with Crippen LogP contribution in [0.4, 0.5) is 14.5 Å². The fraction of sp³-hybridized carbons (Fsp3) is 0.273. The van der Waals surface area contributed by atoms with Gasteiger partial charge in [0.15, 0.2) is 0 Å². The SMILES string of the molecule is [N-]=[N+]=Nc1cc(F)c(C2=CCOCC2)c(F)c1. The molecule has 0 saturated carbocycles. The van der Waals surface area contributed by atoms with Gasteiger partial charge in [0.2, 0.25) is 0 Å². The lowest BCUT2D eigenvalue weighted by atomic mass is 10.00. The molecule has 1 aromatic carbocycles. The van der Waals surface area contributed by atoms with Gasteiger partial charge in [0.25, 0.3) is 0 Å². The molecular formula is C11H9F2N3O. The summed E-state index contributed by atoms with van der Waals surface area (Å²) in [6.45, 7) is 0.801. The van der Waals surface area contributed by atoms with Gasteiger partial charge < -0.3 is 4.74 Å². The van der Waals surface area contributed by atoms with Gasteiger partial charge in [-0.15, -0.1) is 0 Å². The summed E-state index contributed by atoms with van der Waals surface area (Å²) in [4.78, 5) is 2.49. The van der Waals surface area contributed by atoms with Crippen LogP contribution in [0.15, 0.2) is 23.3 Å². The second-order valence-corrected chi connectivity index (χ2v) is 3.53. The molecule has 6 heteroatoms. The van der Waals surface area contributed by atoms with Crippen LogP contribution in [-0.4, -0.2) is 13.2 Å². The monoisotopic (exact) mass is 237 g/mol. The number of benzene rings is 1. The van der Waals surface area contributed by atoms with Gasteiger partial charge in [-0.25, -0.2) is 8.78 Å². The highest BCUT2D eigenvalue weighted by Crippen LogP contribution is 2.29. The molecule has 0 atom stereocenters. The Morgan fingerprint density at radius 2 is 2.00 bits per heavy atom. The van der Waals surface area contributed by atoms with Gasteiger partial charge in [-0.1, -0.05) is 11.2 Å². The second-order valence-electron chi connectivity index (χ2n) is 3.53. The summed E-state index contributed by atoms with van der Waals surface area (Å²) in [6.07, 6.45) is 2.12. The van der Waals surface area contributed by atoms with E-state index < -0.39 is 11.6 Å². The third-order valence-corrected chi connectivity index (χ3v) is 2.47.